The summed E-state index contributed by atoms with van der Waals surface area (Å²) < 4.78 is 65.2. The van der Waals surface area contributed by atoms with Crippen molar-refractivity contribution in [2.24, 2.45) is 0 Å². The molecule has 8 nitrogen and oxygen atoms in total. The van der Waals surface area contributed by atoms with E-state index < -0.39 is 25.9 Å². The number of anilines is 2. The quantitative estimate of drug-likeness (QED) is 0.574. The molecule has 11 heteroatoms. The van der Waals surface area contributed by atoms with Gasteiger partial charge in [-0.25, -0.2) is 25.5 Å². The fourth-order valence-corrected chi connectivity index (χ4v) is 5.56. The minimum absolute atomic E-state index is 0.0355. The maximum atomic E-state index is 14.1. The van der Waals surface area contributed by atoms with Crippen LogP contribution in [0, 0.1) is 5.82 Å². The van der Waals surface area contributed by atoms with Crippen molar-refractivity contribution in [1.29, 1.82) is 0 Å². The highest BCUT2D eigenvalue weighted by Crippen LogP contribution is 2.31. The molecule has 0 N–H and O–H groups in total. The van der Waals surface area contributed by atoms with E-state index in [2.05, 4.69) is 0 Å². The number of amides is 1. The van der Waals surface area contributed by atoms with Gasteiger partial charge in [0.25, 0.3) is 0 Å². The normalized spacial score (nSPS) is 14.0. The van der Waals surface area contributed by atoms with Crippen LogP contribution in [0.5, 0.6) is 0 Å². The predicted octanol–water partition coefficient (Wildman–Crippen LogP) is 2.21. The number of carbonyl (C=O) groups is 1. The van der Waals surface area contributed by atoms with Gasteiger partial charge in [0.1, 0.15) is 5.82 Å². The molecule has 1 aliphatic rings. The maximum absolute atomic E-state index is 14.1. The molecule has 0 fully saturated rings. The Hall–Kier alpha value is -2.50. The third-order valence-electron chi connectivity index (χ3n) is 5.30. The lowest BCUT2D eigenvalue weighted by atomic mass is 10.2. The fourth-order valence-electron chi connectivity index (χ4n) is 3.64. The molecule has 0 saturated carbocycles. The summed E-state index contributed by atoms with van der Waals surface area (Å²) in [6.45, 7) is 0.384. The second-order valence-electron chi connectivity index (χ2n) is 7.76. The number of halogens is 1. The van der Waals surface area contributed by atoms with E-state index in [-0.39, 0.29) is 35.9 Å². The first kappa shape index (κ1) is 24.1. The van der Waals surface area contributed by atoms with Crippen molar-refractivity contribution in [3.05, 3.63) is 53.8 Å². The molecule has 1 heterocycles. The van der Waals surface area contributed by atoms with Gasteiger partial charge >= 0.3 is 0 Å². The molecule has 0 aliphatic carbocycles. The number of carbonyl (C=O) groups excluding carboxylic acids is 1. The van der Waals surface area contributed by atoms with Crippen molar-refractivity contribution in [2.45, 2.75) is 24.2 Å². The highest BCUT2D eigenvalue weighted by molar-refractivity contribution is 7.92. The Kier molecular flexibility index (Phi) is 6.91. The Morgan fingerprint density at radius 2 is 1.78 bits per heavy atom. The monoisotopic (exact) mass is 483 g/mol. The van der Waals surface area contributed by atoms with E-state index in [9.17, 15) is 26.0 Å². The number of fused-ring (bicyclic) bond motifs is 1. The van der Waals surface area contributed by atoms with Crippen LogP contribution in [-0.2, 0) is 31.3 Å². The van der Waals surface area contributed by atoms with Crippen LogP contribution in [0.25, 0.3) is 0 Å². The molecule has 3 rings (SSSR count). The zero-order valence-electron chi connectivity index (χ0n) is 18.2. The van der Waals surface area contributed by atoms with E-state index in [1.54, 1.807) is 23.1 Å². The average Bonchev–Trinajstić information content (AvgIpc) is 3.14. The van der Waals surface area contributed by atoms with Crippen molar-refractivity contribution in [3.8, 4) is 0 Å². The van der Waals surface area contributed by atoms with Gasteiger partial charge in [-0.2, -0.15) is 0 Å². The SMILES string of the molecule is CN(C)S(=O)(=O)c1ccc2c(c1)CCN2C(=O)CCCN(c1ccccc1F)S(C)(=O)=O. The Morgan fingerprint density at radius 1 is 1.09 bits per heavy atom. The molecule has 0 bridgehead atoms. The van der Waals surface area contributed by atoms with Crippen molar-refractivity contribution in [2.75, 3.05) is 42.6 Å². The Labute approximate surface area is 188 Å². The molecular formula is C21H26FN3O5S2. The van der Waals surface area contributed by atoms with Crippen molar-refractivity contribution in [1.82, 2.24) is 4.31 Å². The predicted molar refractivity (Wildman–Crippen MR) is 121 cm³/mol. The number of nitrogens with zero attached hydrogens (tertiary/aromatic N) is 3. The van der Waals surface area contributed by atoms with E-state index in [1.165, 1.54) is 38.4 Å². The summed E-state index contributed by atoms with van der Waals surface area (Å²) >= 11 is 0. The minimum atomic E-state index is -3.72. The van der Waals surface area contributed by atoms with Crippen molar-refractivity contribution >= 4 is 37.3 Å². The average molecular weight is 484 g/mol. The first-order valence-electron chi connectivity index (χ1n) is 10.0. The van der Waals surface area contributed by atoms with Crippen molar-refractivity contribution < 1.29 is 26.0 Å². The Morgan fingerprint density at radius 3 is 2.41 bits per heavy atom. The van der Waals surface area contributed by atoms with E-state index in [0.29, 0.717) is 18.7 Å². The van der Waals surface area contributed by atoms with E-state index in [0.717, 1.165) is 20.4 Å². The van der Waals surface area contributed by atoms with Gasteiger partial charge in [-0.3, -0.25) is 9.10 Å². The lowest BCUT2D eigenvalue weighted by Crippen LogP contribution is -2.33. The van der Waals surface area contributed by atoms with E-state index in [4.69, 9.17) is 0 Å². The maximum Gasteiger partial charge on any atom is 0.242 e. The van der Waals surface area contributed by atoms with Crippen LogP contribution < -0.4 is 9.21 Å². The highest BCUT2D eigenvalue weighted by atomic mass is 32.2. The summed E-state index contributed by atoms with van der Waals surface area (Å²) in [5.41, 5.74) is 1.37. The van der Waals surface area contributed by atoms with Crippen LogP contribution >= 0.6 is 0 Å². The zero-order valence-corrected chi connectivity index (χ0v) is 19.8. The number of para-hydroxylation sites is 1. The third kappa shape index (κ3) is 4.94. The van der Waals surface area contributed by atoms with Gasteiger partial charge in [0.05, 0.1) is 16.8 Å². The van der Waals surface area contributed by atoms with Crippen LogP contribution in [0.3, 0.4) is 0 Å². The number of sulfonamides is 2. The van der Waals surface area contributed by atoms with Crippen LogP contribution in [0.1, 0.15) is 18.4 Å². The molecule has 0 atom stereocenters. The van der Waals surface area contributed by atoms with E-state index >= 15 is 0 Å². The van der Waals surface area contributed by atoms with Crippen LogP contribution in [0.2, 0.25) is 0 Å². The summed E-state index contributed by atoms with van der Waals surface area (Å²) in [4.78, 5) is 14.5. The van der Waals surface area contributed by atoms with E-state index in [1.807, 2.05) is 0 Å². The number of hydrogen-bond acceptors (Lipinski definition) is 5. The second kappa shape index (κ2) is 9.16. The Bertz CT molecular complexity index is 1230. The van der Waals surface area contributed by atoms with Gasteiger partial charge in [-0.15, -0.1) is 0 Å². The number of benzene rings is 2. The summed E-state index contributed by atoms with van der Waals surface area (Å²) in [6.07, 6.45) is 1.80. The van der Waals surface area contributed by atoms with Crippen LogP contribution in [0.15, 0.2) is 47.4 Å². The van der Waals surface area contributed by atoms with Gasteiger partial charge in [0.15, 0.2) is 0 Å². The van der Waals surface area contributed by atoms with Gasteiger partial charge in [-0.05, 0) is 48.7 Å². The van der Waals surface area contributed by atoms with Gasteiger partial charge < -0.3 is 4.90 Å². The standard InChI is InChI=1S/C21H26FN3O5S2/c1-23(2)32(29,30)17-10-11-19-16(15-17)12-14-24(19)21(26)9-6-13-25(31(3,27)28)20-8-5-4-7-18(20)22/h4-5,7-8,10-11,15H,6,9,12-14H2,1-3H3. The smallest absolute Gasteiger partial charge is 0.242 e. The largest absolute Gasteiger partial charge is 0.312 e. The van der Waals surface area contributed by atoms with Gasteiger partial charge in [0.2, 0.25) is 26.0 Å². The summed E-state index contributed by atoms with van der Waals surface area (Å²) in [6, 6.07) is 10.3. The minimum Gasteiger partial charge on any atom is -0.312 e. The topological polar surface area (TPSA) is 95.1 Å². The molecule has 0 spiro atoms. The third-order valence-corrected chi connectivity index (χ3v) is 8.29. The molecule has 1 aliphatic heterocycles. The number of hydrogen-bond donors (Lipinski definition) is 0. The molecule has 32 heavy (non-hydrogen) atoms. The first-order chi connectivity index (χ1) is 14.9. The summed E-state index contributed by atoms with van der Waals surface area (Å²) in [7, 11) is -4.38. The first-order valence-corrected chi connectivity index (χ1v) is 13.3. The summed E-state index contributed by atoms with van der Waals surface area (Å²) in [5.74, 6) is -0.852. The van der Waals surface area contributed by atoms with Gasteiger partial charge in [-0.1, -0.05) is 12.1 Å². The molecular weight excluding hydrogens is 457 g/mol. The lowest BCUT2D eigenvalue weighted by Gasteiger charge is -2.23. The molecule has 2 aromatic carbocycles. The molecule has 0 saturated heterocycles. The highest BCUT2D eigenvalue weighted by Gasteiger charge is 2.28. The fraction of sp³-hybridized carbons (Fsp3) is 0.381. The molecule has 0 aromatic heterocycles. The van der Waals surface area contributed by atoms with Crippen LogP contribution in [0.4, 0.5) is 15.8 Å². The second-order valence-corrected chi connectivity index (χ2v) is 11.8. The molecule has 0 radical (unpaired) electrons. The van der Waals surface area contributed by atoms with Gasteiger partial charge in [0, 0.05) is 39.3 Å². The van der Waals surface area contributed by atoms with Crippen molar-refractivity contribution in [3.63, 3.8) is 0 Å². The Balaban J connectivity index is 1.70. The summed E-state index contributed by atoms with van der Waals surface area (Å²) in [5, 5.41) is 0. The molecule has 174 valence electrons. The molecule has 2 aromatic rings. The van der Waals surface area contributed by atoms with Crippen LogP contribution in [-0.4, -0.2) is 60.5 Å². The molecule has 1 amide bonds. The lowest BCUT2D eigenvalue weighted by molar-refractivity contribution is -0.118. The molecule has 0 unspecified atom stereocenters. The zero-order chi connectivity index (χ0) is 23.7. The number of rotatable bonds is 8.